The summed E-state index contributed by atoms with van der Waals surface area (Å²) in [5, 5.41) is 2.61. The summed E-state index contributed by atoms with van der Waals surface area (Å²) in [5.74, 6) is 0.294. The highest BCUT2D eigenvalue weighted by Gasteiger charge is 2.31. The van der Waals surface area contributed by atoms with E-state index in [2.05, 4.69) is 15.3 Å². The Hall–Kier alpha value is -2.51. The van der Waals surface area contributed by atoms with Crippen LogP contribution in [0, 0.1) is 5.92 Å². The number of hydrogen-bond acceptors (Lipinski definition) is 5. The van der Waals surface area contributed by atoms with Gasteiger partial charge in [0.1, 0.15) is 5.82 Å². The molecule has 1 N–H and O–H groups in total. The standard InChI is InChI=1S/C17H23N5O3/c1-11(23)21-5-6-22(10-14(9-21)16(24)18-2)17(25)13-7-19-15(20-8-13)12-3-4-12/h7-8,12,14H,3-6,9-10H2,1-2H3,(H,18,24). The van der Waals surface area contributed by atoms with Crippen molar-refractivity contribution in [2.45, 2.75) is 25.7 Å². The van der Waals surface area contributed by atoms with Crippen molar-refractivity contribution in [3.63, 3.8) is 0 Å². The van der Waals surface area contributed by atoms with Crippen LogP contribution >= 0.6 is 0 Å². The molecule has 0 radical (unpaired) electrons. The van der Waals surface area contributed by atoms with Gasteiger partial charge in [-0.1, -0.05) is 0 Å². The molecule has 25 heavy (non-hydrogen) atoms. The van der Waals surface area contributed by atoms with E-state index in [9.17, 15) is 14.4 Å². The maximum Gasteiger partial charge on any atom is 0.257 e. The summed E-state index contributed by atoms with van der Waals surface area (Å²) in [4.78, 5) is 48.4. The van der Waals surface area contributed by atoms with Gasteiger partial charge in [0.15, 0.2) is 0 Å². The summed E-state index contributed by atoms with van der Waals surface area (Å²) in [6, 6.07) is 0. The molecule has 0 aromatic carbocycles. The van der Waals surface area contributed by atoms with Crippen molar-refractivity contribution in [2.75, 3.05) is 33.2 Å². The minimum absolute atomic E-state index is 0.0969. The molecule has 1 unspecified atom stereocenters. The van der Waals surface area contributed by atoms with Crippen molar-refractivity contribution >= 4 is 17.7 Å². The molecule has 2 fully saturated rings. The first-order valence-electron chi connectivity index (χ1n) is 8.58. The van der Waals surface area contributed by atoms with Crippen molar-refractivity contribution in [1.82, 2.24) is 25.1 Å². The van der Waals surface area contributed by atoms with E-state index in [-0.39, 0.29) is 24.3 Å². The van der Waals surface area contributed by atoms with Crippen molar-refractivity contribution in [1.29, 1.82) is 0 Å². The van der Waals surface area contributed by atoms with E-state index in [1.807, 2.05) is 0 Å². The molecule has 2 heterocycles. The normalized spacial score (nSPS) is 20.8. The van der Waals surface area contributed by atoms with Gasteiger partial charge in [-0.15, -0.1) is 0 Å². The Balaban J connectivity index is 1.75. The summed E-state index contributed by atoms with van der Waals surface area (Å²) in [5.41, 5.74) is 0.413. The fourth-order valence-electron chi connectivity index (χ4n) is 3.04. The molecule has 1 aromatic heterocycles. The van der Waals surface area contributed by atoms with E-state index in [1.165, 1.54) is 6.92 Å². The molecule has 1 atom stereocenters. The lowest BCUT2D eigenvalue weighted by Crippen LogP contribution is -2.42. The lowest BCUT2D eigenvalue weighted by molar-refractivity contribution is -0.130. The molecule has 1 aliphatic carbocycles. The lowest BCUT2D eigenvalue weighted by atomic mass is 10.1. The first-order chi connectivity index (χ1) is 12.0. The van der Waals surface area contributed by atoms with Gasteiger partial charge < -0.3 is 15.1 Å². The molecule has 2 aliphatic rings. The number of hydrogen-bond donors (Lipinski definition) is 1. The molecular weight excluding hydrogens is 322 g/mol. The van der Waals surface area contributed by atoms with Crippen LogP contribution in [0.25, 0.3) is 0 Å². The third kappa shape index (κ3) is 3.94. The molecule has 3 rings (SSSR count). The van der Waals surface area contributed by atoms with Crippen molar-refractivity contribution in [3.8, 4) is 0 Å². The molecule has 3 amide bonds. The van der Waals surface area contributed by atoms with Gasteiger partial charge in [0.05, 0.1) is 11.5 Å². The minimum atomic E-state index is -0.452. The zero-order valence-corrected chi connectivity index (χ0v) is 14.6. The maximum atomic E-state index is 12.8. The van der Waals surface area contributed by atoms with Gasteiger partial charge in [-0.25, -0.2) is 9.97 Å². The molecule has 1 aromatic rings. The zero-order valence-electron chi connectivity index (χ0n) is 14.6. The number of nitrogens with zero attached hydrogens (tertiary/aromatic N) is 4. The van der Waals surface area contributed by atoms with Gasteiger partial charge in [-0.2, -0.15) is 0 Å². The maximum absolute atomic E-state index is 12.8. The summed E-state index contributed by atoms with van der Waals surface area (Å²) >= 11 is 0. The fraction of sp³-hybridized carbons (Fsp3) is 0.588. The largest absolute Gasteiger partial charge is 0.359 e. The minimum Gasteiger partial charge on any atom is -0.359 e. The predicted molar refractivity (Wildman–Crippen MR) is 89.7 cm³/mol. The Bertz CT molecular complexity index is 671. The van der Waals surface area contributed by atoms with E-state index in [1.54, 1.807) is 29.2 Å². The van der Waals surface area contributed by atoms with Crippen LogP contribution in [-0.4, -0.2) is 70.7 Å². The highest BCUT2D eigenvalue weighted by Crippen LogP contribution is 2.37. The van der Waals surface area contributed by atoms with E-state index < -0.39 is 5.92 Å². The van der Waals surface area contributed by atoms with Crippen LogP contribution in [0.3, 0.4) is 0 Å². The van der Waals surface area contributed by atoms with Crippen LogP contribution in [0.4, 0.5) is 0 Å². The second-order valence-corrected chi connectivity index (χ2v) is 6.63. The highest BCUT2D eigenvalue weighted by atomic mass is 16.2. The first-order valence-corrected chi connectivity index (χ1v) is 8.58. The third-order valence-electron chi connectivity index (χ3n) is 4.73. The monoisotopic (exact) mass is 345 g/mol. The average molecular weight is 345 g/mol. The smallest absolute Gasteiger partial charge is 0.257 e. The Morgan fingerprint density at radius 3 is 2.24 bits per heavy atom. The van der Waals surface area contributed by atoms with E-state index >= 15 is 0 Å². The Labute approximate surface area is 146 Å². The van der Waals surface area contributed by atoms with Gasteiger partial charge >= 0.3 is 0 Å². The topological polar surface area (TPSA) is 95.5 Å². The molecule has 0 bridgehead atoms. The number of amides is 3. The number of nitrogens with one attached hydrogen (secondary N) is 1. The molecule has 8 nitrogen and oxygen atoms in total. The van der Waals surface area contributed by atoms with Gasteiger partial charge in [0, 0.05) is 58.5 Å². The van der Waals surface area contributed by atoms with Crippen LogP contribution in [0.15, 0.2) is 12.4 Å². The Kier molecular flexibility index (Phi) is 4.96. The molecule has 1 saturated carbocycles. The average Bonchev–Trinajstić information content (AvgIpc) is 3.46. The SMILES string of the molecule is CNC(=O)C1CN(C(C)=O)CCN(C(=O)c2cnc(C3CC3)nc2)C1. The Morgan fingerprint density at radius 2 is 1.68 bits per heavy atom. The third-order valence-corrected chi connectivity index (χ3v) is 4.73. The number of carbonyl (C=O) groups is 3. The summed E-state index contributed by atoms with van der Waals surface area (Å²) in [7, 11) is 1.56. The number of rotatable bonds is 3. The molecular formula is C17H23N5O3. The predicted octanol–water partition coefficient (Wildman–Crippen LogP) is 0.0205. The quantitative estimate of drug-likeness (QED) is 0.833. The highest BCUT2D eigenvalue weighted by molar-refractivity contribution is 5.94. The van der Waals surface area contributed by atoms with Crippen LogP contribution in [0.1, 0.15) is 41.9 Å². The lowest BCUT2D eigenvalue weighted by Gasteiger charge is -2.23. The summed E-state index contributed by atoms with van der Waals surface area (Å²) in [6.07, 6.45) is 5.33. The molecule has 1 aliphatic heterocycles. The van der Waals surface area contributed by atoms with Crippen molar-refractivity contribution in [2.24, 2.45) is 5.92 Å². The van der Waals surface area contributed by atoms with Gasteiger partial charge in [-0.3, -0.25) is 14.4 Å². The van der Waals surface area contributed by atoms with E-state index in [0.29, 0.717) is 31.1 Å². The van der Waals surface area contributed by atoms with Crippen LogP contribution in [0.2, 0.25) is 0 Å². The molecule has 134 valence electrons. The fourth-order valence-corrected chi connectivity index (χ4v) is 3.04. The molecule has 1 saturated heterocycles. The molecule has 8 heteroatoms. The Morgan fingerprint density at radius 1 is 1.08 bits per heavy atom. The summed E-state index contributed by atoms with van der Waals surface area (Å²) < 4.78 is 0. The van der Waals surface area contributed by atoms with Crippen LogP contribution < -0.4 is 5.32 Å². The number of aromatic nitrogens is 2. The van der Waals surface area contributed by atoms with E-state index in [4.69, 9.17) is 0 Å². The van der Waals surface area contributed by atoms with Crippen molar-refractivity contribution < 1.29 is 14.4 Å². The van der Waals surface area contributed by atoms with Crippen LogP contribution in [-0.2, 0) is 9.59 Å². The second-order valence-electron chi connectivity index (χ2n) is 6.63. The van der Waals surface area contributed by atoms with Gasteiger partial charge in [0.2, 0.25) is 11.8 Å². The van der Waals surface area contributed by atoms with Crippen molar-refractivity contribution in [3.05, 3.63) is 23.8 Å². The first kappa shape index (κ1) is 17.3. The number of carbonyl (C=O) groups excluding carboxylic acids is 3. The van der Waals surface area contributed by atoms with E-state index in [0.717, 1.165) is 18.7 Å². The summed E-state index contributed by atoms with van der Waals surface area (Å²) in [6.45, 7) is 2.86. The van der Waals surface area contributed by atoms with Gasteiger partial charge in [0.25, 0.3) is 5.91 Å². The molecule has 0 spiro atoms. The van der Waals surface area contributed by atoms with Gasteiger partial charge in [-0.05, 0) is 12.8 Å². The second kappa shape index (κ2) is 7.16. The zero-order chi connectivity index (χ0) is 18.0. The van der Waals surface area contributed by atoms with Crippen LogP contribution in [0.5, 0.6) is 0 Å².